The summed E-state index contributed by atoms with van der Waals surface area (Å²) in [7, 11) is 0. The van der Waals surface area contributed by atoms with Gasteiger partial charge in [0.05, 0.1) is 5.56 Å². The molecule has 54 heavy (non-hydrogen) atoms. The summed E-state index contributed by atoms with van der Waals surface area (Å²) in [6.07, 6.45) is 2.45. The zero-order valence-electron chi connectivity index (χ0n) is 30.9. The number of piperazine rings is 1. The number of nitrogens with zero attached hydrogens (tertiary/aromatic N) is 3. The normalized spacial score (nSPS) is 15.7. The molecular formula is C47H50F3N3O. The number of hydrogen-bond donors (Lipinski definition) is 0. The Morgan fingerprint density at radius 3 is 1.98 bits per heavy atom. The molecule has 280 valence electrons. The molecule has 1 amide bonds. The second kappa shape index (κ2) is 17.5. The Morgan fingerprint density at radius 2 is 1.33 bits per heavy atom. The van der Waals surface area contributed by atoms with E-state index in [4.69, 9.17) is 0 Å². The first-order valence-electron chi connectivity index (χ1n) is 19.5. The van der Waals surface area contributed by atoms with Gasteiger partial charge in [-0.3, -0.25) is 9.69 Å². The number of anilines is 1. The molecule has 1 saturated carbocycles. The molecule has 0 unspecified atom stereocenters. The molecule has 5 aromatic carbocycles. The number of carbonyl (C=O) groups excluding carboxylic acids is 1. The lowest BCUT2D eigenvalue weighted by Crippen LogP contribution is -2.47. The van der Waals surface area contributed by atoms with E-state index in [1.807, 2.05) is 41.3 Å². The third-order valence-corrected chi connectivity index (χ3v) is 11.4. The summed E-state index contributed by atoms with van der Waals surface area (Å²) in [4.78, 5) is 21.4. The summed E-state index contributed by atoms with van der Waals surface area (Å²) in [5, 5.41) is 0. The predicted octanol–water partition coefficient (Wildman–Crippen LogP) is 10.9. The van der Waals surface area contributed by atoms with Crippen molar-refractivity contribution in [2.24, 2.45) is 5.92 Å². The molecule has 5 aromatic rings. The Hall–Kier alpha value is -4.88. The molecule has 0 radical (unpaired) electrons. The molecule has 7 heteroatoms. The molecule has 1 saturated heterocycles. The van der Waals surface area contributed by atoms with Gasteiger partial charge in [-0.05, 0) is 89.9 Å². The van der Waals surface area contributed by atoms with Crippen LogP contribution < -0.4 is 4.90 Å². The van der Waals surface area contributed by atoms with Gasteiger partial charge in [-0.1, -0.05) is 122 Å². The van der Waals surface area contributed by atoms with Crippen molar-refractivity contribution in [1.82, 2.24) is 9.80 Å². The first kappa shape index (κ1) is 37.4. The van der Waals surface area contributed by atoms with Gasteiger partial charge in [0.2, 0.25) is 0 Å². The molecule has 0 bridgehead atoms. The van der Waals surface area contributed by atoms with E-state index in [1.54, 1.807) is 0 Å². The van der Waals surface area contributed by atoms with E-state index >= 15 is 0 Å². The molecule has 0 atom stereocenters. The molecule has 0 spiro atoms. The third kappa shape index (κ3) is 9.43. The van der Waals surface area contributed by atoms with Crippen LogP contribution in [0.4, 0.5) is 18.9 Å². The van der Waals surface area contributed by atoms with Crippen LogP contribution in [0.3, 0.4) is 0 Å². The summed E-state index contributed by atoms with van der Waals surface area (Å²) >= 11 is 0. The highest BCUT2D eigenvalue weighted by Gasteiger charge is 2.30. The summed E-state index contributed by atoms with van der Waals surface area (Å²) in [5.74, 6) is 0.781. The van der Waals surface area contributed by atoms with Crippen molar-refractivity contribution in [2.75, 3.05) is 44.2 Å². The number of hydrogen-bond acceptors (Lipinski definition) is 3. The van der Waals surface area contributed by atoms with Gasteiger partial charge >= 0.3 is 6.18 Å². The minimum absolute atomic E-state index is 0.00357. The van der Waals surface area contributed by atoms with Crippen molar-refractivity contribution in [3.63, 3.8) is 0 Å². The maximum absolute atomic E-state index is 14.5. The molecule has 1 aliphatic carbocycles. The molecule has 7 rings (SSSR count). The van der Waals surface area contributed by atoms with E-state index in [1.165, 1.54) is 42.5 Å². The van der Waals surface area contributed by atoms with Crippen LogP contribution in [0.5, 0.6) is 0 Å². The van der Waals surface area contributed by atoms with E-state index in [0.717, 1.165) is 80.9 Å². The van der Waals surface area contributed by atoms with E-state index in [9.17, 15) is 18.0 Å². The van der Waals surface area contributed by atoms with Gasteiger partial charge in [0, 0.05) is 56.4 Å². The van der Waals surface area contributed by atoms with Gasteiger partial charge < -0.3 is 9.80 Å². The molecule has 2 aliphatic rings. The van der Waals surface area contributed by atoms with Crippen LogP contribution >= 0.6 is 0 Å². The quantitative estimate of drug-likeness (QED) is 0.128. The van der Waals surface area contributed by atoms with E-state index in [0.29, 0.717) is 36.1 Å². The second-order valence-corrected chi connectivity index (χ2v) is 15.0. The Balaban J connectivity index is 1.04. The molecule has 4 nitrogen and oxygen atoms in total. The fourth-order valence-corrected chi connectivity index (χ4v) is 8.34. The first-order chi connectivity index (χ1) is 26.3. The lowest BCUT2D eigenvalue weighted by atomic mass is 9.88. The standard InChI is InChI=1S/C47H50F3N3O/c48-47(49,50)42-25-23-39(24-26-42)44-22-11-10-19-41(44)35-53(34-36-13-4-1-5-14-36)46(54)40-20-12-21-43(33-40)52-31-29-51(30-32-52)28-27-45(37-15-6-2-7-16-37)38-17-8-3-9-18-38/h2-3,6-12,15-26,33,36,45H,1,4-5,13-14,27-32,34-35H2. The van der Waals surface area contributed by atoms with E-state index < -0.39 is 11.7 Å². The first-order valence-corrected chi connectivity index (χ1v) is 19.5. The average molecular weight is 730 g/mol. The molecule has 2 fully saturated rings. The van der Waals surface area contributed by atoms with Crippen molar-refractivity contribution in [3.8, 4) is 11.1 Å². The summed E-state index contributed by atoms with van der Waals surface area (Å²) < 4.78 is 40.0. The summed E-state index contributed by atoms with van der Waals surface area (Å²) in [5.41, 5.74) is 6.25. The van der Waals surface area contributed by atoms with Crippen LogP contribution in [0, 0.1) is 5.92 Å². The van der Waals surface area contributed by atoms with Gasteiger partial charge in [0.1, 0.15) is 0 Å². The van der Waals surface area contributed by atoms with Crippen LogP contribution in [0.2, 0.25) is 0 Å². The lowest BCUT2D eigenvalue weighted by Gasteiger charge is -2.37. The number of halogens is 3. The van der Waals surface area contributed by atoms with Crippen LogP contribution in [-0.4, -0.2) is 55.0 Å². The van der Waals surface area contributed by atoms with Gasteiger partial charge in [0.15, 0.2) is 0 Å². The maximum Gasteiger partial charge on any atom is 0.416 e. The average Bonchev–Trinajstić information content (AvgIpc) is 3.22. The fourth-order valence-electron chi connectivity index (χ4n) is 8.34. The Morgan fingerprint density at radius 1 is 0.704 bits per heavy atom. The van der Waals surface area contributed by atoms with E-state index in [-0.39, 0.29) is 5.91 Å². The molecular weight excluding hydrogens is 680 g/mol. The highest BCUT2D eigenvalue weighted by Crippen LogP contribution is 2.34. The predicted molar refractivity (Wildman–Crippen MR) is 213 cm³/mol. The van der Waals surface area contributed by atoms with Gasteiger partial charge in [-0.2, -0.15) is 13.2 Å². The number of rotatable bonds is 12. The molecule has 1 heterocycles. The Kier molecular flexibility index (Phi) is 12.1. The smallest absolute Gasteiger partial charge is 0.369 e. The van der Waals surface area contributed by atoms with Crippen LogP contribution in [0.25, 0.3) is 11.1 Å². The van der Waals surface area contributed by atoms with Crippen LogP contribution in [0.15, 0.2) is 133 Å². The highest BCUT2D eigenvalue weighted by molar-refractivity contribution is 5.95. The largest absolute Gasteiger partial charge is 0.416 e. The minimum atomic E-state index is -4.39. The SMILES string of the molecule is O=C(c1cccc(N2CCN(CCC(c3ccccc3)c3ccccc3)CC2)c1)N(Cc1ccccc1-c1ccc(C(F)(F)F)cc1)CC1CCCCC1. The van der Waals surface area contributed by atoms with Gasteiger partial charge in [-0.25, -0.2) is 0 Å². The fraction of sp³-hybridized carbons (Fsp3) is 0.340. The van der Waals surface area contributed by atoms with Crippen LogP contribution in [-0.2, 0) is 12.7 Å². The number of amides is 1. The van der Waals surface area contributed by atoms with Gasteiger partial charge in [-0.15, -0.1) is 0 Å². The lowest BCUT2D eigenvalue weighted by molar-refractivity contribution is -0.137. The maximum atomic E-state index is 14.5. The molecule has 1 aliphatic heterocycles. The Bertz CT molecular complexity index is 1890. The zero-order chi connectivity index (χ0) is 37.3. The van der Waals surface area contributed by atoms with Gasteiger partial charge in [0.25, 0.3) is 5.91 Å². The monoisotopic (exact) mass is 729 g/mol. The minimum Gasteiger partial charge on any atom is -0.369 e. The van der Waals surface area contributed by atoms with Crippen molar-refractivity contribution in [2.45, 2.75) is 57.2 Å². The topological polar surface area (TPSA) is 26.8 Å². The van der Waals surface area contributed by atoms with E-state index in [2.05, 4.69) is 82.6 Å². The zero-order valence-corrected chi connectivity index (χ0v) is 30.9. The van der Waals surface area contributed by atoms with Crippen molar-refractivity contribution >= 4 is 11.6 Å². The van der Waals surface area contributed by atoms with Crippen molar-refractivity contribution < 1.29 is 18.0 Å². The number of alkyl halides is 3. The second-order valence-electron chi connectivity index (χ2n) is 15.0. The van der Waals surface area contributed by atoms with Crippen molar-refractivity contribution in [1.29, 1.82) is 0 Å². The summed E-state index contributed by atoms with van der Waals surface area (Å²) in [6, 6.07) is 42.8. The third-order valence-electron chi connectivity index (χ3n) is 11.4. The van der Waals surface area contributed by atoms with Crippen molar-refractivity contribution in [3.05, 3.63) is 161 Å². The molecule has 0 aromatic heterocycles. The number of carbonyl (C=O) groups is 1. The number of benzene rings is 5. The summed E-state index contributed by atoms with van der Waals surface area (Å²) in [6.45, 7) is 5.78. The van der Waals surface area contributed by atoms with Crippen LogP contribution in [0.1, 0.15) is 77.1 Å². The Labute approximate surface area is 318 Å². The highest BCUT2D eigenvalue weighted by atomic mass is 19.4. The molecule has 0 N–H and O–H groups in total.